The second-order valence-electron chi connectivity index (χ2n) is 8.94. The molecule has 0 saturated heterocycles. The fourth-order valence-corrected chi connectivity index (χ4v) is 5.12. The Kier molecular flexibility index (Phi) is 8.39. The number of carboxylic acids is 1. The molecule has 0 fully saturated rings. The van der Waals surface area contributed by atoms with Crippen molar-refractivity contribution >= 4 is 28.3 Å². The number of hydrogen-bond acceptors (Lipinski definition) is 8. The highest BCUT2D eigenvalue weighted by Crippen LogP contribution is 2.28. The normalized spacial score (nSPS) is 11.3. The number of nitrogens with zero attached hydrogens (tertiary/aromatic N) is 5. The molecule has 0 spiro atoms. The summed E-state index contributed by atoms with van der Waals surface area (Å²) in [6, 6.07) is 25.1. The van der Waals surface area contributed by atoms with Crippen molar-refractivity contribution in [3.05, 3.63) is 106 Å². The molecule has 3 aromatic carbocycles. The number of carbonyl (C=O) groups is 1. The minimum Gasteiger partial charge on any atom is -0.496 e. The molecule has 0 radical (unpaired) electrons. The predicted molar refractivity (Wildman–Crippen MR) is 161 cm³/mol. The van der Waals surface area contributed by atoms with E-state index in [0.717, 1.165) is 40.7 Å². The minimum absolute atomic E-state index is 0.233. The molecule has 10 nitrogen and oxygen atoms in total. The van der Waals surface area contributed by atoms with Gasteiger partial charge in [-0.15, -0.1) is 5.10 Å². The number of aliphatic carboxylic acids is 1. The zero-order valence-electron chi connectivity index (χ0n) is 23.1. The molecule has 6 aromatic rings. The Labute approximate surface area is 244 Å². The average Bonchev–Trinajstić information content (AvgIpc) is 3.69. The molecule has 212 valence electrons. The SMILES string of the molecule is CC(=O)O.CCOc1ccc(-c2nn(-c3ccccc3)cc2/C=c2\sc3nc(-c4ccccc4OC)nn3c2=O)cc1. The summed E-state index contributed by atoms with van der Waals surface area (Å²) in [4.78, 5) is 27.5. The molecule has 0 aliphatic heterocycles. The van der Waals surface area contributed by atoms with E-state index in [-0.39, 0.29) is 5.56 Å². The molecule has 6 rings (SSSR count). The Morgan fingerprint density at radius 3 is 2.36 bits per heavy atom. The van der Waals surface area contributed by atoms with Gasteiger partial charge in [-0.2, -0.15) is 14.6 Å². The van der Waals surface area contributed by atoms with Gasteiger partial charge in [0.1, 0.15) is 17.2 Å². The summed E-state index contributed by atoms with van der Waals surface area (Å²) in [5.74, 6) is 1.06. The number of para-hydroxylation sites is 2. The lowest BCUT2D eigenvalue weighted by atomic mass is 10.1. The molecule has 0 aliphatic carbocycles. The molecule has 0 amide bonds. The maximum absolute atomic E-state index is 13.3. The van der Waals surface area contributed by atoms with Crippen LogP contribution in [0.15, 0.2) is 89.9 Å². The standard InChI is InChI=1S/C29H23N5O3S.C2H4O2/c1-3-37-22-15-13-19(14-16-22)26-20(18-33(31-26)21-9-5-4-6-10-21)17-25-28(35)34-29(38-25)30-27(32-34)23-11-7-8-12-24(23)36-2;1-2(3)4/h4-18H,3H2,1-2H3;1H3,(H,3,4)/b25-17-;. The highest BCUT2D eigenvalue weighted by atomic mass is 32.1. The van der Waals surface area contributed by atoms with Crippen molar-refractivity contribution in [3.8, 4) is 39.8 Å². The lowest BCUT2D eigenvalue weighted by Crippen LogP contribution is -2.23. The highest BCUT2D eigenvalue weighted by Gasteiger charge is 2.16. The Morgan fingerprint density at radius 1 is 1.00 bits per heavy atom. The molecule has 3 heterocycles. The molecular formula is C31H27N5O5S. The minimum atomic E-state index is -0.833. The average molecular weight is 582 g/mol. The van der Waals surface area contributed by atoms with E-state index in [4.69, 9.17) is 24.5 Å². The summed E-state index contributed by atoms with van der Waals surface area (Å²) in [6.45, 7) is 3.63. The summed E-state index contributed by atoms with van der Waals surface area (Å²) in [5.41, 5.74) is 3.90. The fourth-order valence-electron chi connectivity index (χ4n) is 4.22. The number of rotatable bonds is 7. The van der Waals surface area contributed by atoms with Gasteiger partial charge in [0.25, 0.3) is 11.5 Å². The van der Waals surface area contributed by atoms with Crippen molar-refractivity contribution < 1.29 is 19.4 Å². The summed E-state index contributed by atoms with van der Waals surface area (Å²) in [7, 11) is 1.60. The third kappa shape index (κ3) is 6.06. The Bertz CT molecular complexity index is 1940. The van der Waals surface area contributed by atoms with Crippen LogP contribution in [-0.4, -0.2) is 49.2 Å². The van der Waals surface area contributed by atoms with Gasteiger partial charge >= 0.3 is 0 Å². The third-order valence-corrected chi connectivity index (χ3v) is 6.98. The number of hydrogen-bond donors (Lipinski definition) is 1. The van der Waals surface area contributed by atoms with E-state index in [2.05, 4.69) is 10.1 Å². The Morgan fingerprint density at radius 2 is 1.69 bits per heavy atom. The first-order valence-electron chi connectivity index (χ1n) is 13.0. The second-order valence-corrected chi connectivity index (χ2v) is 9.94. The predicted octanol–water partition coefficient (Wildman–Crippen LogP) is 4.72. The van der Waals surface area contributed by atoms with Gasteiger partial charge in [0.15, 0.2) is 5.82 Å². The van der Waals surface area contributed by atoms with Crippen LogP contribution in [0.4, 0.5) is 0 Å². The quantitative estimate of drug-likeness (QED) is 0.288. The van der Waals surface area contributed by atoms with Crippen LogP contribution in [0.2, 0.25) is 0 Å². The summed E-state index contributed by atoms with van der Waals surface area (Å²) < 4.78 is 14.7. The van der Waals surface area contributed by atoms with E-state index >= 15 is 0 Å². The topological polar surface area (TPSA) is 121 Å². The first-order valence-corrected chi connectivity index (χ1v) is 13.8. The van der Waals surface area contributed by atoms with Gasteiger partial charge in [0.2, 0.25) is 4.96 Å². The van der Waals surface area contributed by atoms with Crippen LogP contribution in [0.1, 0.15) is 19.4 Å². The van der Waals surface area contributed by atoms with Gasteiger partial charge in [-0.1, -0.05) is 41.7 Å². The van der Waals surface area contributed by atoms with Crippen molar-refractivity contribution in [2.24, 2.45) is 0 Å². The molecule has 0 atom stereocenters. The number of ether oxygens (including phenoxy) is 2. The van der Waals surface area contributed by atoms with Crippen LogP contribution in [0.25, 0.3) is 39.4 Å². The van der Waals surface area contributed by atoms with Crippen LogP contribution < -0.4 is 19.6 Å². The van der Waals surface area contributed by atoms with Crippen LogP contribution >= 0.6 is 11.3 Å². The van der Waals surface area contributed by atoms with Gasteiger partial charge < -0.3 is 14.6 Å². The molecule has 42 heavy (non-hydrogen) atoms. The number of fused-ring (bicyclic) bond motifs is 1. The van der Waals surface area contributed by atoms with Crippen molar-refractivity contribution in [1.82, 2.24) is 24.4 Å². The summed E-state index contributed by atoms with van der Waals surface area (Å²) in [6.07, 6.45) is 3.78. The summed E-state index contributed by atoms with van der Waals surface area (Å²) in [5, 5.41) is 16.8. The van der Waals surface area contributed by atoms with Gasteiger partial charge in [-0.05, 0) is 61.5 Å². The van der Waals surface area contributed by atoms with Crippen molar-refractivity contribution in [2.75, 3.05) is 13.7 Å². The Balaban J connectivity index is 0.000000830. The van der Waals surface area contributed by atoms with E-state index in [1.165, 1.54) is 15.9 Å². The zero-order valence-corrected chi connectivity index (χ0v) is 23.9. The lowest BCUT2D eigenvalue weighted by molar-refractivity contribution is -0.134. The number of carboxylic acid groups (broad SMARTS) is 1. The molecule has 0 unspecified atom stereocenters. The first-order chi connectivity index (χ1) is 20.4. The van der Waals surface area contributed by atoms with Gasteiger partial charge in [0, 0.05) is 24.2 Å². The first kappa shape index (κ1) is 28.2. The van der Waals surface area contributed by atoms with Crippen LogP contribution in [0.3, 0.4) is 0 Å². The molecule has 0 bridgehead atoms. The fraction of sp³-hybridized carbons (Fsp3) is 0.129. The van der Waals surface area contributed by atoms with Crippen molar-refractivity contribution in [1.29, 1.82) is 0 Å². The summed E-state index contributed by atoms with van der Waals surface area (Å²) >= 11 is 1.29. The number of benzene rings is 3. The van der Waals surface area contributed by atoms with Gasteiger partial charge in [-0.3, -0.25) is 9.59 Å². The monoisotopic (exact) mass is 581 g/mol. The number of thiazole rings is 1. The van der Waals surface area contributed by atoms with E-state index in [0.29, 0.717) is 27.7 Å². The van der Waals surface area contributed by atoms with Gasteiger partial charge in [-0.25, -0.2) is 4.68 Å². The zero-order chi connectivity index (χ0) is 29.6. The molecule has 0 aliphatic rings. The van der Waals surface area contributed by atoms with Crippen molar-refractivity contribution in [3.63, 3.8) is 0 Å². The molecular weight excluding hydrogens is 554 g/mol. The molecule has 11 heteroatoms. The van der Waals surface area contributed by atoms with Crippen LogP contribution in [-0.2, 0) is 4.79 Å². The van der Waals surface area contributed by atoms with E-state index in [1.54, 1.807) is 7.11 Å². The maximum Gasteiger partial charge on any atom is 0.300 e. The molecule has 3 aromatic heterocycles. The third-order valence-electron chi connectivity index (χ3n) is 6.02. The molecule has 1 N–H and O–H groups in total. The van der Waals surface area contributed by atoms with E-state index < -0.39 is 5.97 Å². The maximum atomic E-state index is 13.3. The van der Waals surface area contributed by atoms with E-state index in [9.17, 15) is 4.79 Å². The van der Waals surface area contributed by atoms with Crippen LogP contribution in [0, 0.1) is 0 Å². The number of methoxy groups -OCH3 is 1. The van der Waals surface area contributed by atoms with Crippen molar-refractivity contribution in [2.45, 2.75) is 13.8 Å². The molecule has 0 saturated carbocycles. The second kappa shape index (κ2) is 12.5. The largest absolute Gasteiger partial charge is 0.496 e. The lowest BCUT2D eigenvalue weighted by Gasteiger charge is -2.04. The smallest absolute Gasteiger partial charge is 0.300 e. The van der Waals surface area contributed by atoms with Crippen LogP contribution in [0.5, 0.6) is 11.5 Å². The van der Waals surface area contributed by atoms with Gasteiger partial charge in [0.05, 0.1) is 29.5 Å². The Hall–Kier alpha value is -5.29. The van der Waals surface area contributed by atoms with E-state index in [1.807, 2.05) is 103 Å². The number of aromatic nitrogens is 5. The highest BCUT2D eigenvalue weighted by molar-refractivity contribution is 7.15.